The maximum Gasteiger partial charge on any atom is 0.338 e. The van der Waals surface area contributed by atoms with Crippen molar-refractivity contribution in [1.29, 1.82) is 0 Å². The lowest BCUT2D eigenvalue weighted by atomic mass is 10.1. The quantitative estimate of drug-likeness (QED) is 0.781. The van der Waals surface area contributed by atoms with Gasteiger partial charge in [-0.05, 0) is 18.6 Å². The highest BCUT2D eigenvalue weighted by molar-refractivity contribution is 6.32. The van der Waals surface area contributed by atoms with E-state index in [0.717, 1.165) is 6.07 Å². The highest BCUT2D eigenvalue weighted by Crippen LogP contribution is 2.24. The van der Waals surface area contributed by atoms with Crippen molar-refractivity contribution in [2.75, 3.05) is 0 Å². The Kier molecular flexibility index (Phi) is 3.00. The molecule has 0 bridgehead atoms. The zero-order valence-corrected chi connectivity index (χ0v) is 7.85. The Hall–Kier alpha value is -1.23. The normalized spacial score (nSPS) is 10.6. The molecule has 1 heterocycles. The molecule has 0 unspecified atom stereocenters. The number of nitrogens with zero attached hydrogens (tertiary/aromatic N) is 1. The first kappa shape index (κ1) is 10.8. The number of aryl methyl sites for hydroxylation is 1. The van der Waals surface area contributed by atoms with Crippen LogP contribution in [0.5, 0.6) is 0 Å². The standard InChI is InChI=1S/C8H6ClF2NO2/c1-3-2-4(8(13)14)6(9)12-5(3)7(10)11/h2,7H,1H3,(H,13,14). The van der Waals surface area contributed by atoms with Crippen molar-refractivity contribution in [1.82, 2.24) is 4.98 Å². The lowest BCUT2D eigenvalue weighted by Crippen LogP contribution is -2.04. The van der Waals surface area contributed by atoms with Gasteiger partial charge in [0.2, 0.25) is 0 Å². The van der Waals surface area contributed by atoms with Crippen LogP contribution in [-0.4, -0.2) is 16.1 Å². The van der Waals surface area contributed by atoms with Crippen LogP contribution in [-0.2, 0) is 0 Å². The number of aromatic carboxylic acids is 1. The molecule has 0 aliphatic carbocycles. The third kappa shape index (κ3) is 1.98. The van der Waals surface area contributed by atoms with Crippen LogP contribution in [0.3, 0.4) is 0 Å². The van der Waals surface area contributed by atoms with Crippen LogP contribution in [0.25, 0.3) is 0 Å². The molecule has 6 heteroatoms. The van der Waals surface area contributed by atoms with E-state index in [9.17, 15) is 13.6 Å². The number of carboxylic acid groups (broad SMARTS) is 1. The van der Waals surface area contributed by atoms with Crippen LogP contribution in [0, 0.1) is 6.92 Å². The summed E-state index contributed by atoms with van der Waals surface area (Å²) in [6, 6.07) is 1.08. The van der Waals surface area contributed by atoms with Crippen molar-refractivity contribution in [3.8, 4) is 0 Å². The molecule has 1 rings (SSSR count). The number of rotatable bonds is 2. The molecule has 1 aromatic heterocycles. The van der Waals surface area contributed by atoms with E-state index in [-0.39, 0.29) is 11.1 Å². The minimum Gasteiger partial charge on any atom is -0.478 e. The fraction of sp³-hybridized carbons (Fsp3) is 0.250. The van der Waals surface area contributed by atoms with Crippen LogP contribution in [0.1, 0.15) is 28.0 Å². The third-order valence-electron chi connectivity index (χ3n) is 1.64. The van der Waals surface area contributed by atoms with Gasteiger partial charge in [-0.15, -0.1) is 0 Å². The van der Waals surface area contributed by atoms with Crippen LogP contribution in [0.4, 0.5) is 8.78 Å². The van der Waals surface area contributed by atoms with Gasteiger partial charge in [0.1, 0.15) is 10.8 Å². The molecular formula is C8H6ClF2NO2. The van der Waals surface area contributed by atoms with E-state index < -0.39 is 23.2 Å². The number of alkyl halides is 2. The van der Waals surface area contributed by atoms with Gasteiger partial charge >= 0.3 is 5.97 Å². The summed E-state index contributed by atoms with van der Waals surface area (Å²) in [6.07, 6.45) is -2.75. The maximum absolute atomic E-state index is 12.3. The molecule has 0 aromatic carbocycles. The molecule has 0 spiro atoms. The van der Waals surface area contributed by atoms with E-state index in [2.05, 4.69) is 4.98 Å². The van der Waals surface area contributed by atoms with Gasteiger partial charge < -0.3 is 5.11 Å². The highest BCUT2D eigenvalue weighted by atomic mass is 35.5. The van der Waals surface area contributed by atoms with Crippen LogP contribution < -0.4 is 0 Å². The molecule has 0 atom stereocenters. The summed E-state index contributed by atoms with van der Waals surface area (Å²) in [5, 5.41) is 8.19. The van der Waals surface area contributed by atoms with E-state index in [1.807, 2.05) is 0 Å². The predicted octanol–water partition coefficient (Wildman–Crippen LogP) is 2.68. The summed E-state index contributed by atoms with van der Waals surface area (Å²) in [4.78, 5) is 13.9. The Labute approximate surface area is 83.3 Å². The first-order chi connectivity index (χ1) is 6.43. The van der Waals surface area contributed by atoms with E-state index in [1.165, 1.54) is 6.92 Å². The Bertz CT molecular complexity index is 382. The number of carbonyl (C=O) groups is 1. The number of hydrogen-bond donors (Lipinski definition) is 1. The van der Waals surface area contributed by atoms with Crippen molar-refractivity contribution >= 4 is 17.6 Å². The van der Waals surface area contributed by atoms with Gasteiger partial charge in [0.25, 0.3) is 6.43 Å². The van der Waals surface area contributed by atoms with Gasteiger partial charge in [0.05, 0.1) is 5.56 Å². The smallest absolute Gasteiger partial charge is 0.338 e. The first-order valence-corrected chi connectivity index (χ1v) is 3.99. The summed E-state index contributed by atoms with van der Waals surface area (Å²) in [5.41, 5.74) is -0.643. The average Bonchev–Trinajstić information content (AvgIpc) is 2.07. The Morgan fingerprint density at radius 2 is 2.21 bits per heavy atom. The molecule has 0 aliphatic rings. The van der Waals surface area contributed by atoms with Crippen molar-refractivity contribution in [3.05, 3.63) is 28.0 Å². The number of carboxylic acids is 1. The second-order valence-corrected chi connectivity index (χ2v) is 2.99. The number of hydrogen-bond acceptors (Lipinski definition) is 2. The number of pyridine rings is 1. The van der Waals surface area contributed by atoms with E-state index >= 15 is 0 Å². The molecule has 0 aliphatic heterocycles. The van der Waals surface area contributed by atoms with Gasteiger partial charge in [0.15, 0.2) is 0 Å². The summed E-state index contributed by atoms with van der Waals surface area (Å²) in [6.45, 7) is 1.36. The van der Waals surface area contributed by atoms with E-state index in [1.54, 1.807) is 0 Å². The highest BCUT2D eigenvalue weighted by Gasteiger charge is 2.18. The SMILES string of the molecule is Cc1cc(C(=O)O)c(Cl)nc1C(F)F. The first-order valence-electron chi connectivity index (χ1n) is 3.62. The molecule has 0 saturated carbocycles. The Morgan fingerprint density at radius 1 is 1.64 bits per heavy atom. The summed E-state index contributed by atoms with van der Waals surface area (Å²) in [7, 11) is 0. The zero-order valence-electron chi connectivity index (χ0n) is 7.09. The van der Waals surface area contributed by atoms with E-state index in [0.29, 0.717) is 0 Å². The van der Waals surface area contributed by atoms with Crippen molar-refractivity contribution < 1.29 is 18.7 Å². The summed E-state index contributed by atoms with van der Waals surface area (Å²) < 4.78 is 24.5. The molecule has 14 heavy (non-hydrogen) atoms. The summed E-state index contributed by atoms with van der Waals surface area (Å²) in [5.74, 6) is -1.29. The molecule has 0 radical (unpaired) electrons. The minimum atomic E-state index is -2.75. The Balaban J connectivity index is 3.31. The second kappa shape index (κ2) is 3.88. The van der Waals surface area contributed by atoms with Crippen molar-refractivity contribution in [2.45, 2.75) is 13.3 Å². The molecule has 1 aromatic rings. The maximum atomic E-state index is 12.3. The van der Waals surface area contributed by atoms with Gasteiger partial charge in [-0.3, -0.25) is 0 Å². The molecule has 0 amide bonds. The fourth-order valence-corrected chi connectivity index (χ4v) is 1.20. The van der Waals surface area contributed by atoms with Crippen molar-refractivity contribution in [2.24, 2.45) is 0 Å². The van der Waals surface area contributed by atoms with Crippen LogP contribution >= 0.6 is 11.6 Å². The minimum absolute atomic E-state index is 0.113. The predicted molar refractivity (Wildman–Crippen MR) is 45.9 cm³/mol. The van der Waals surface area contributed by atoms with Crippen LogP contribution in [0.15, 0.2) is 6.07 Å². The van der Waals surface area contributed by atoms with Gasteiger partial charge in [-0.2, -0.15) is 0 Å². The molecule has 0 fully saturated rings. The monoisotopic (exact) mass is 221 g/mol. The van der Waals surface area contributed by atoms with Gasteiger partial charge in [-0.25, -0.2) is 18.6 Å². The molecule has 1 N–H and O–H groups in total. The van der Waals surface area contributed by atoms with E-state index in [4.69, 9.17) is 16.7 Å². The zero-order chi connectivity index (χ0) is 10.9. The molecule has 0 saturated heterocycles. The fourth-order valence-electron chi connectivity index (χ4n) is 0.975. The number of halogens is 3. The molecule has 76 valence electrons. The molecular weight excluding hydrogens is 216 g/mol. The number of aromatic nitrogens is 1. The average molecular weight is 222 g/mol. The van der Waals surface area contributed by atoms with Crippen LogP contribution in [0.2, 0.25) is 5.15 Å². The second-order valence-electron chi connectivity index (χ2n) is 2.63. The Morgan fingerprint density at radius 3 is 2.64 bits per heavy atom. The third-order valence-corrected chi connectivity index (χ3v) is 1.93. The van der Waals surface area contributed by atoms with Gasteiger partial charge in [0, 0.05) is 0 Å². The lowest BCUT2D eigenvalue weighted by molar-refractivity contribution is 0.0695. The molecule has 3 nitrogen and oxygen atoms in total. The lowest BCUT2D eigenvalue weighted by Gasteiger charge is -2.06. The largest absolute Gasteiger partial charge is 0.478 e. The topological polar surface area (TPSA) is 50.2 Å². The summed E-state index contributed by atoms with van der Waals surface area (Å²) >= 11 is 5.42. The van der Waals surface area contributed by atoms with Crippen molar-refractivity contribution in [3.63, 3.8) is 0 Å². The van der Waals surface area contributed by atoms with Gasteiger partial charge in [-0.1, -0.05) is 11.6 Å².